The topological polar surface area (TPSA) is 47.6 Å². The van der Waals surface area contributed by atoms with Crippen LogP contribution in [0.25, 0.3) is 0 Å². The Hall–Kier alpha value is -1.76. The number of rotatable bonds is 6. The van der Waals surface area contributed by atoms with E-state index < -0.39 is 24.5 Å². The molecule has 0 spiro atoms. The highest BCUT2D eigenvalue weighted by Crippen LogP contribution is 2.33. The van der Waals surface area contributed by atoms with Crippen LogP contribution in [0.2, 0.25) is 0 Å². The number of hydrogen-bond acceptors (Lipinski definition) is 4. The fourth-order valence-electron chi connectivity index (χ4n) is 1.90. The maximum Gasteiger partial charge on any atom is 0.331 e. The van der Waals surface area contributed by atoms with Gasteiger partial charge < -0.3 is 9.47 Å². The first-order valence-corrected chi connectivity index (χ1v) is 6.12. The van der Waals surface area contributed by atoms with E-state index in [1.165, 1.54) is 18.2 Å². The molecule has 1 atom stereocenters. The third kappa shape index (κ3) is 3.04. The molecule has 0 radical (unpaired) electrons. The van der Waals surface area contributed by atoms with Gasteiger partial charge in [-0.15, -0.1) is 0 Å². The van der Waals surface area contributed by atoms with E-state index in [2.05, 4.69) is 0 Å². The van der Waals surface area contributed by atoms with E-state index in [0.29, 0.717) is 11.5 Å². The van der Waals surface area contributed by atoms with Gasteiger partial charge in [0, 0.05) is 5.56 Å². The van der Waals surface area contributed by atoms with Crippen molar-refractivity contribution in [3.8, 4) is 11.5 Å². The van der Waals surface area contributed by atoms with Crippen LogP contribution >= 0.6 is 0 Å². The molecule has 1 N–H and O–H groups in total. The Morgan fingerprint density at radius 2 is 2.10 bits per heavy atom. The summed E-state index contributed by atoms with van der Waals surface area (Å²) >= 11 is 0. The molecule has 0 bridgehead atoms. The Kier molecular flexibility index (Phi) is 4.17. The van der Waals surface area contributed by atoms with E-state index in [1.807, 2.05) is 0 Å². The number of ketones is 1. The second-order valence-electron chi connectivity index (χ2n) is 4.38. The Bertz CT molecular complexity index is 508. The minimum atomic E-state index is -3.72. The zero-order valence-electron chi connectivity index (χ0n) is 10.8. The predicted molar refractivity (Wildman–Crippen MR) is 65.0 cm³/mol. The van der Waals surface area contributed by atoms with Crippen LogP contribution in [0.3, 0.4) is 0 Å². The molecule has 0 aromatic heterocycles. The number of Topliss-reactive ketones (excluding diaryl/α,β-unsaturated/α-hetero) is 1. The minimum Gasteiger partial charge on any atom is -0.454 e. The average Bonchev–Trinajstić information content (AvgIpc) is 2.91. The molecule has 1 heterocycles. The highest BCUT2D eigenvalue weighted by atomic mass is 19.3. The lowest BCUT2D eigenvalue weighted by molar-refractivity contribution is -0.0617. The Balaban J connectivity index is 2.16. The number of ether oxygens (including phenoxy) is 2. The second-order valence-corrected chi connectivity index (χ2v) is 4.38. The molecule has 1 unspecified atom stereocenters. The van der Waals surface area contributed by atoms with Crippen molar-refractivity contribution in [1.29, 1.82) is 0 Å². The first-order chi connectivity index (χ1) is 9.46. The molecule has 110 valence electrons. The summed E-state index contributed by atoms with van der Waals surface area (Å²) in [6.45, 7) is -0.239. The van der Waals surface area contributed by atoms with Gasteiger partial charge in [0.25, 0.3) is 0 Å². The summed E-state index contributed by atoms with van der Waals surface area (Å²) in [6.07, 6.45) is 0.114. The molecule has 1 aliphatic rings. The molecule has 1 aromatic rings. The number of hydrogen-bond donors (Lipinski definition) is 1. The minimum absolute atomic E-state index is 0.0579. The van der Waals surface area contributed by atoms with E-state index in [4.69, 9.17) is 9.47 Å². The molecular formula is C13H14F3NO3. The third-order valence-corrected chi connectivity index (χ3v) is 2.94. The summed E-state index contributed by atoms with van der Waals surface area (Å²) in [5.74, 6) is 0.346. The van der Waals surface area contributed by atoms with Gasteiger partial charge in [0.1, 0.15) is 0 Å². The van der Waals surface area contributed by atoms with Gasteiger partial charge >= 0.3 is 6.05 Å². The van der Waals surface area contributed by atoms with Gasteiger partial charge in [-0.3, -0.25) is 4.79 Å². The molecule has 0 fully saturated rings. The van der Waals surface area contributed by atoms with Gasteiger partial charge in [0.05, 0.1) is 6.04 Å². The standard InChI is InChI=1S/C13H14F3NO3/c1-2-9(17-13(15,16)6-14)12(18)8-3-4-10-11(5-8)20-7-19-10/h3-5,9,17H,2,6-7H2,1H3. The number of halogens is 3. The summed E-state index contributed by atoms with van der Waals surface area (Å²) in [6, 6.07) is -0.445. The smallest absolute Gasteiger partial charge is 0.331 e. The zero-order chi connectivity index (χ0) is 14.8. The van der Waals surface area contributed by atoms with Crippen LogP contribution in [-0.4, -0.2) is 31.3 Å². The molecule has 0 saturated carbocycles. The van der Waals surface area contributed by atoms with Crippen molar-refractivity contribution < 1.29 is 27.4 Å². The van der Waals surface area contributed by atoms with Gasteiger partial charge in [-0.25, -0.2) is 9.71 Å². The molecule has 0 aliphatic carbocycles. The number of benzene rings is 1. The van der Waals surface area contributed by atoms with Crippen molar-refractivity contribution in [3.05, 3.63) is 23.8 Å². The highest BCUT2D eigenvalue weighted by molar-refractivity contribution is 6.00. The van der Waals surface area contributed by atoms with Gasteiger partial charge in [0.15, 0.2) is 24.0 Å². The number of nitrogens with one attached hydrogen (secondary N) is 1. The summed E-state index contributed by atoms with van der Waals surface area (Å²) in [5, 5.41) is 1.73. The summed E-state index contributed by atoms with van der Waals surface area (Å²) in [5.41, 5.74) is 0.211. The van der Waals surface area contributed by atoms with Crippen molar-refractivity contribution in [1.82, 2.24) is 5.32 Å². The third-order valence-electron chi connectivity index (χ3n) is 2.94. The van der Waals surface area contributed by atoms with Gasteiger partial charge in [-0.2, -0.15) is 8.78 Å². The fraction of sp³-hybridized carbons (Fsp3) is 0.462. The first kappa shape index (κ1) is 14.6. The number of carbonyl (C=O) groups excluding carboxylic acids is 1. The van der Waals surface area contributed by atoms with E-state index in [-0.39, 0.29) is 18.8 Å². The first-order valence-electron chi connectivity index (χ1n) is 6.12. The maximum atomic E-state index is 13.0. The average molecular weight is 289 g/mol. The molecule has 1 aromatic carbocycles. The van der Waals surface area contributed by atoms with Crippen molar-refractivity contribution >= 4 is 5.78 Å². The van der Waals surface area contributed by atoms with Crippen LogP contribution in [0.1, 0.15) is 23.7 Å². The Labute approximate surface area is 113 Å². The lowest BCUT2D eigenvalue weighted by Crippen LogP contribution is -2.48. The predicted octanol–water partition coefficient (Wildman–Crippen LogP) is 2.53. The lowest BCUT2D eigenvalue weighted by Gasteiger charge is -2.21. The number of alkyl halides is 3. The van der Waals surface area contributed by atoms with Crippen LogP contribution in [0.15, 0.2) is 18.2 Å². The number of carbonyl (C=O) groups is 1. The van der Waals surface area contributed by atoms with Crippen LogP contribution in [0.4, 0.5) is 13.2 Å². The SMILES string of the molecule is CCC(NC(F)(F)CF)C(=O)c1ccc2c(c1)OCO2. The molecule has 4 nitrogen and oxygen atoms in total. The molecular weight excluding hydrogens is 275 g/mol. The molecule has 2 rings (SSSR count). The molecule has 0 amide bonds. The van der Waals surface area contributed by atoms with Crippen molar-refractivity contribution in [2.24, 2.45) is 0 Å². The van der Waals surface area contributed by atoms with E-state index in [1.54, 1.807) is 12.2 Å². The largest absolute Gasteiger partial charge is 0.454 e. The lowest BCUT2D eigenvalue weighted by atomic mass is 10.0. The molecule has 7 heteroatoms. The fourth-order valence-corrected chi connectivity index (χ4v) is 1.90. The quantitative estimate of drug-likeness (QED) is 0.646. The normalized spacial score (nSPS) is 15.2. The summed E-state index contributed by atoms with van der Waals surface area (Å²) in [4.78, 5) is 12.2. The maximum absolute atomic E-state index is 13.0. The molecule has 0 saturated heterocycles. The van der Waals surface area contributed by atoms with Crippen LogP contribution in [0.5, 0.6) is 11.5 Å². The number of fused-ring (bicyclic) bond motifs is 1. The zero-order valence-corrected chi connectivity index (χ0v) is 10.8. The Morgan fingerprint density at radius 3 is 2.75 bits per heavy atom. The van der Waals surface area contributed by atoms with Crippen molar-refractivity contribution in [2.75, 3.05) is 13.5 Å². The van der Waals surface area contributed by atoms with Crippen molar-refractivity contribution in [3.63, 3.8) is 0 Å². The van der Waals surface area contributed by atoms with E-state index >= 15 is 0 Å². The van der Waals surface area contributed by atoms with Crippen LogP contribution < -0.4 is 14.8 Å². The van der Waals surface area contributed by atoms with Crippen molar-refractivity contribution in [2.45, 2.75) is 25.4 Å². The summed E-state index contributed by atoms with van der Waals surface area (Å²) < 4.78 is 48.4. The van der Waals surface area contributed by atoms with Crippen LogP contribution in [-0.2, 0) is 0 Å². The summed E-state index contributed by atoms with van der Waals surface area (Å²) in [7, 11) is 0. The highest BCUT2D eigenvalue weighted by Gasteiger charge is 2.34. The second kappa shape index (κ2) is 5.70. The Morgan fingerprint density at radius 1 is 1.40 bits per heavy atom. The van der Waals surface area contributed by atoms with Gasteiger partial charge in [-0.05, 0) is 24.6 Å². The van der Waals surface area contributed by atoms with E-state index in [0.717, 1.165) is 0 Å². The molecule has 1 aliphatic heterocycles. The van der Waals surface area contributed by atoms with E-state index in [9.17, 15) is 18.0 Å². The molecule has 20 heavy (non-hydrogen) atoms. The van der Waals surface area contributed by atoms with Gasteiger partial charge in [-0.1, -0.05) is 6.92 Å². The van der Waals surface area contributed by atoms with Gasteiger partial charge in [0.2, 0.25) is 6.79 Å². The van der Waals surface area contributed by atoms with Crippen LogP contribution in [0, 0.1) is 0 Å². The monoisotopic (exact) mass is 289 g/mol.